The fourth-order valence-electron chi connectivity index (χ4n) is 4.54. The number of aliphatic carboxylic acids is 3. The third kappa shape index (κ3) is 14.1. The second-order valence-corrected chi connectivity index (χ2v) is 10.5. The lowest BCUT2D eigenvalue weighted by Crippen LogP contribution is -2.55. The van der Waals surface area contributed by atoms with Gasteiger partial charge in [0.1, 0.15) is 11.8 Å². The summed E-state index contributed by atoms with van der Waals surface area (Å²) in [5.74, 6) is -7.58. The van der Waals surface area contributed by atoms with Gasteiger partial charge in [0, 0.05) is 19.3 Å². The number of benzene rings is 1. The van der Waals surface area contributed by atoms with E-state index < -0.39 is 47.8 Å². The van der Waals surface area contributed by atoms with Crippen molar-refractivity contribution in [2.75, 3.05) is 0 Å². The number of hydrogen-bond acceptors (Lipinski definition) is 6. The monoisotopic (exact) mass is 575 g/mol. The predicted molar refractivity (Wildman–Crippen MR) is 153 cm³/mol. The van der Waals surface area contributed by atoms with E-state index in [1.165, 1.54) is 18.9 Å². The minimum atomic E-state index is -2.99. The Hall–Kier alpha value is -3.53. The molecule has 5 N–H and O–H groups in total. The molecule has 0 bridgehead atoms. The van der Waals surface area contributed by atoms with Gasteiger partial charge in [0.05, 0.1) is 12.3 Å². The van der Waals surface area contributed by atoms with Gasteiger partial charge in [0.2, 0.25) is 5.91 Å². The summed E-state index contributed by atoms with van der Waals surface area (Å²) in [6.45, 7) is 2.15. The van der Waals surface area contributed by atoms with Gasteiger partial charge in [-0.3, -0.25) is 14.4 Å². The Kier molecular flexibility index (Phi) is 16.9. The highest BCUT2D eigenvalue weighted by Gasteiger charge is 2.49. The number of carbonyl (C=O) groups is 5. The molecule has 1 aromatic rings. The summed E-state index contributed by atoms with van der Waals surface area (Å²) in [6, 6.07) is 7.05. The summed E-state index contributed by atoms with van der Waals surface area (Å²) in [6.07, 6.45) is 11.5. The van der Waals surface area contributed by atoms with Crippen molar-refractivity contribution < 1.29 is 44.4 Å². The fourth-order valence-corrected chi connectivity index (χ4v) is 4.54. The normalized spacial score (nSPS) is 14.2. The topological polar surface area (TPSA) is 178 Å². The minimum Gasteiger partial charge on any atom is -0.481 e. The van der Waals surface area contributed by atoms with Crippen LogP contribution >= 0.6 is 0 Å². The average molecular weight is 576 g/mol. The average Bonchev–Trinajstić information content (AvgIpc) is 2.91. The number of unbranched alkanes of at least 4 members (excludes halogenated alkanes) is 8. The molecule has 1 aromatic carbocycles. The number of hydrogen-bond donors (Lipinski definition) is 5. The maximum Gasteiger partial charge on any atom is 0.337 e. The maximum atomic E-state index is 13.1. The molecule has 3 atom stereocenters. The van der Waals surface area contributed by atoms with Crippen molar-refractivity contribution in [2.24, 2.45) is 5.92 Å². The van der Waals surface area contributed by atoms with E-state index in [-0.39, 0.29) is 12.2 Å². The molecular formula is C31H45NO9. The third-order valence-electron chi connectivity index (χ3n) is 6.95. The van der Waals surface area contributed by atoms with E-state index >= 15 is 0 Å². The summed E-state index contributed by atoms with van der Waals surface area (Å²) in [4.78, 5) is 60.2. The van der Waals surface area contributed by atoms with E-state index in [1.807, 2.05) is 0 Å². The van der Waals surface area contributed by atoms with Crippen molar-refractivity contribution in [3.63, 3.8) is 0 Å². The van der Waals surface area contributed by atoms with Crippen molar-refractivity contribution in [2.45, 2.75) is 108 Å². The van der Waals surface area contributed by atoms with Gasteiger partial charge < -0.3 is 25.7 Å². The summed E-state index contributed by atoms with van der Waals surface area (Å²) < 4.78 is 0. The van der Waals surface area contributed by atoms with Crippen molar-refractivity contribution in [3.8, 4) is 0 Å². The Morgan fingerprint density at radius 2 is 1.44 bits per heavy atom. The first kappa shape index (κ1) is 35.5. The van der Waals surface area contributed by atoms with E-state index in [4.69, 9.17) is 0 Å². The summed E-state index contributed by atoms with van der Waals surface area (Å²) >= 11 is 0. The highest BCUT2D eigenvalue weighted by molar-refractivity contribution is 5.94. The van der Waals surface area contributed by atoms with Crippen LogP contribution in [0, 0.1) is 5.92 Å². The molecule has 0 heterocycles. The first-order valence-corrected chi connectivity index (χ1v) is 14.4. The highest BCUT2D eigenvalue weighted by Crippen LogP contribution is 2.25. The summed E-state index contributed by atoms with van der Waals surface area (Å²) in [7, 11) is 0. The SMILES string of the molecule is CCCCCCCC(=O)CCCCCC/C=C/C(C(=O)NC(Cc1ccccc1)C(=O)O)C(O)(CC(=O)O)C(=O)O. The van der Waals surface area contributed by atoms with E-state index in [2.05, 4.69) is 12.2 Å². The number of nitrogens with one attached hydrogen (secondary N) is 1. The van der Waals surface area contributed by atoms with E-state index in [9.17, 15) is 44.4 Å². The molecule has 0 aromatic heterocycles. The number of carboxylic acid groups (broad SMARTS) is 3. The lowest BCUT2D eigenvalue weighted by atomic mass is 9.82. The van der Waals surface area contributed by atoms with Crippen LogP contribution in [0.25, 0.3) is 0 Å². The Morgan fingerprint density at radius 1 is 0.854 bits per heavy atom. The van der Waals surface area contributed by atoms with Crippen LogP contribution in [0.4, 0.5) is 0 Å². The minimum absolute atomic E-state index is 0.0931. The molecular weight excluding hydrogens is 530 g/mol. The van der Waals surface area contributed by atoms with Crippen LogP contribution < -0.4 is 5.32 Å². The standard InChI is InChI=1S/C31H45NO9/c1-2-3-4-7-13-18-24(33)19-14-8-5-6-9-15-20-25(31(41,30(39)40)22-27(34)35)28(36)32-26(29(37)38)21-23-16-11-10-12-17-23/h10-12,15-17,20,25-26,41H,2-9,13-14,18-19,21-22H2,1H3,(H,32,36)(H,34,35)(H,37,38)(H,39,40)/b20-15+. The number of carbonyl (C=O) groups excluding carboxylic acids is 2. The van der Waals surface area contributed by atoms with Crippen LogP contribution in [0.3, 0.4) is 0 Å². The largest absolute Gasteiger partial charge is 0.481 e. The van der Waals surface area contributed by atoms with Gasteiger partial charge in [-0.2, -0.15) is 0 Å². The molecule has 0 aliphatic rings. The molecule has 10 nitrogen and oxygen atoms in total. The van der Waals surface area contributed by atoms with Gasteiger partial charge >= 0.3 is 17.9 Å². The van der Waals surface area contributed by atoms with Crippen molar-refractivity contribution in [1.82, 2.24) is 5.32 Å². The molecule has 10 heteroatoms. The highest BCUT2D eigenvalue weighted by atomic mass is 16.4. The zero-order chi connectivity index (χ0) is 30.7. The van der Waals surface area contributed by atoms with Crippen molar-refractivity contribution in [3.05, 3.63) is 48.0 Å². The quantitative estimate of drug-likeness (QED) is 0.0926. The Labute approximate surface area is 241 Å². The molecule has 0 saturated heterocycles. The van der Waals surface area contributed by atoms with Crippen LogP contribution in [-0.2, 0) is 30.4 Å². The zero-order valence-corrected chi connectivity index (χ0v) is 23.9. The number of ketones is 1. The van der Waals surface area contributed by atoms with Gasteiger partial charge in [-0.1, -0.05) is 87.9 Å². The van der Waals surface area contributed by atoms with Crippen LogP contribution in [-0.4, -0.2) is 61.7 Å². The summed E-state index contributed by atoms with van der Waals surface area (Å²) in [5.41, 5.74) is -2.38. The second-order valence-electron chi connectivity index (χ2n) is 10.5. The van der Waals surface area contributed by atoms with Crippen LogP contribution in [0.2, 0.25) is 0 Å². The Bertz CT molecular complexity index is 1010. The molecule has 1 rings (SSSR count). The molecule has 0 fully saturated rings. The lowest BCUT2D eigenvalue weighted by Gasteiger charge is -2.29. The van der Waals surface area contributed by atoms with Gasteiger partial charge in [-0.25, -0.2) is 9.59 Å². The molecule has 0 spiro atoms. The Balaban J connectivity index is 2.74. The van der Waals surface area contributed by atoms with E-state index in [0.29, 0.717) is 31.2 Å². The molecule has 3 unspecified atom stereocenters. The van der Waals surface area contributed by atoms with Gasteiger partial charge in [0.25, 0.3) is 0 Å². The number of aliphatic hydroxyl groups is 1. The van der Waals surface area contributed by atoms with Crippen molar-refractivity contribution >= 4 is 29.6 Å². The van der Waals surface area contributed by atoms with E-state index in [0.717, 1.165) is 44.6 Å². The van der Waals surface area contributed by atoms with Crippen LogP contribution in [0.1, 0.15) is 96.0 Å². The summed E-state index contributed by atoms with van der Waals surface area (Å²) in [5, 5.41) is 41.5. The second kappa shape index (κ2) is 19.5. The molecule has 0 radical (unpaired) electrons. The first-order valence-electron chi connectivity index (χ1n) is 14.4. The van der Waals surface area contributed by atoms with Crippen molar-refractivity contribution in [1.29, 1.82) is 0 Å². The number of Topliss-reactive ketones (excluding diaryl/α,β-unsaturated/α-hetero) is 1. The van der Waals surface area contributed by atoms with E-state index in [1.54, 1.807) is 30.3 Å². The predicted octanol–water partition coefficient (Wildman–Crippen LogP) is 4.53. The van der Waals surface area contributed by atoms with Crippen LogP contribution in [0.15, 0.2) is 42.5 Å². The molecule has 0 aliphatic carbocycles. The zero-order valence-electron chi connectivity index (χ0n) is 23.9. The maximum absolute atomic E-state index is 13.1. The smallest absolute Gasteiger partial charge is 0.337 e. The molecule has 0 aliphatic heterocycles. The molecule has 0 saturated carbocycles. The van der Waals surface area contributed by atoms with Crippen LogP contribution in [0.5, 0.6) is 0 Å². The molecule has 41 heavy (non-hydrogen) atoms. The molecule has 228 valence electrons. The van der Waals surface area contributed by atoms with Gasteiger partial charge in [0.15, 0.2) is 5.60 Å². The first-order chi connectivity index (χ1) is 19.5. The number of rotatable bonds is 23. The Morgan fingerprint density at radius 3 is 1.98 bits per heavy atom. The third-order valence-corrected chi connectivity index (χ3v) is 6.95. The molecule has 1 amide bonds. The number of carboxylic acids is 3. The van der Waals surface area contributed by atoms with Gasteiger partial charge in [-0.15, -0.1) is 0 Å². The van der Waals surface area contributed by atoms with Gasteiger partial charge in [-0.05, 0) is 31.2 Å². The lowest BCUT2D eigenvalue weighted by molar-refractivity contribution is -0.172. The number of allylic oxidation sites excluding steroid dienone is 1. The fraction of sp³-hybridized carbons (Fsp3) is 0.581. The number of amides is 1.